The molecule has 0 bridgehead atoms. The summed E-state index contributed by atoms with van der Waals surface area (Å²) in [7, 11) is 1.65. The van der Waals surface area contributed by atoms with E-state index >= 15 is 0 Å². The average Bonchev–Trinajstić information content (AvgIpc) is 3.38. The summed E-state index contributed by atoms with van der Waals surface area (Å²) in [6.07, 6.45) is 8.52. The number of benzene rings is 1. The molecule has 1 aliphatic carbocycles. The largest absolute Gasteiger partial charge is 0.383 e. The fourth-order valence-corrected chi connectivity index (χ4v) is 5.45. The maximum absolute atomic E-state index is 13.1. The summed E-state index contributed by atoms with van der Waals surface area (Å²) < 4.78 is 11.7. The predicted octanol–water partition coefficient (Wildman–Crippen LogP) is 4.45. The number of carbonyl (C=O) groups excluding carboxylic acids is 1. The Morgan fingerprint density at radius 3 is 2.67 bits per heavy atom. The van der Waals surface area contributed by atoms with E-state index in [0.29, 0.717) is 19.1 Å². The van der Waals surface area contributed by atoms with Crippen LogP contribution in [0.15, 0.2) is 42.6 Å². The highest BCUT2D eigenvalue weighted by Crippen LogP contribution is 2.36. The number of piperidine rings is 1. The minimum atomic E-state index is -0.0406. The van der Waals surface area contributed by atoms with E-state index in [9.17, 15) is 4.79 Å². The monoisotopic (exact) mass is 454 g/mol. The molecule has 2 aliphatic rings. The molecule has 1 saturated heterocycles. The maximum atomic E-state index is 13.1. The molecule has 0 spiro atoms. The number of carbonyl (C=O) groups is 1. The highest BCUT2D eigenvalue weighted by Gasteiger charge is 2.37. The van der Waals surface area contributed by atoms with Gasteiger partial charge in [0.05, 0.1) is 37.1 Å². The van der Waals surface area contributed by atoms with Crippen LogP contribution in [0.25, 0.3) is 0 Å². The molecule has 2 N–H and O–H groups in total. The lowest BCUT2D eigenvalue weighted by Gasteiger charge is -2.42. The van der Waals surface area contributed by atoms with E-state index < -0.39 is 0 Å². The molecule has 7 heteroatoms. The number of nitrogens with one attached hydrogen (secondary N) is 2. The normalized spacial score (nSPS) is 26.7. The standard InChI is InChI=1S/C26H38N4O3/c1-19(17-32-2)28-26(31)30-16-6-9-23(24-14-15-27-29-24)25(30)18-33-22-12-10-21(11-13-22)20-7-4-3-5-8-20/h3-5,7-8,14-15,19,21-23,25H,6,9-13,16-18H2,1-2H3,(H,27,29)(H,28,31)/t19?,21-,22+,23-,25+/m1/s1. The third kappa shape index (κ3) is 6.15. The highest BCUT2D eigenvalue weighted by molar-refractivity contribution is 5.75. The number of hydrogen-bond acceptors (Lipinski definition) is 4. The Balaban J connectivity index is 1.38. The van der Waals surface area contributed by atoms with Crippen molar-refractivity contribution in [3.8, 4) is 0 Å². The van der Waals surface area contributed by atoms with Crippen LogP contribution in [-0.4, -0.2) is 66.2 Å². The summed E-state index contributed by atoms with van der Waals surface area (Å²) in [5, 5.41) is 10.5. The number of aromatic nitrogens is 2. The van der Waals surface area contributed by atoms with Gasteiger partial charge in [0.2, 0.25) is 0 Å². The van der Waals surface area contributed by atoms with Crippen LogP contribution < -0.4 is 5.32 Å². The van der Waals surface area contributed by atoms with Crippen LogP contribution in [0.3, 0.4) is 0 Å². The van der Waals surface area contributed by atoms with Gasteiger partial charge >= 0.3 is 6.03 Å². The van der Waals surface area contributed by atoms with Crippen LogP contribution in [0, 0.1) is 0 Å². The fourth-order valence-electron chi connectivity index (χ4n) is 5.45. The molecule has 7 nitrogen and oxygen atoms in total. The molecule has 4 rings (SSSR count). The zero-order valence-corrected chi connectivity index (χ0v) is 19.9. The van der Waals surface area contributed by atoms with Crippen molar-refractivity contribution in [1.82, 2.24) is 20.4 Å². The number of likely N-dealkylation sites (tertiary alicyclic amines) is 1. The lowest BCUT2D eigenvalue weighted by Crippen LogP contribution is -2.55. The predicted molar refractivity (Wildman–Crippen MR) is 128 cm³/mol. The van der Waals surface area contributed by atoms with Crippen molar-refractivity contribution < 1.29 is 14.3 Å². The van der Waals surface area contributed by atoms with E-state index in [4.69, 9.17) is 9.47 Å². The molecule has 1 saturated carbocycles. The summed E-state index contributed by atoms with van der Waals surface area (Å²) in [5.74, 6) is 0.802. The van der Waals surface area contributed by atoms with E-state index in [1.54, 1.807) is 7.11 Å². The van der Waals surface area contributed by atoms with Crippen LogP contribution in [0.2, 0.25) is 0 Å². The van der Waals surface area contributed by atoms with Gasteiger partial charge in [-0.15, -0.1) is 0 Å². The van der Waals surface area contributed by atoms with Crippen LogP contribution in [0.5, 0.6) is 0 Å². The van der Waals surface area contributed by atoms with E-state index in [0.717, 1.165) is 50.8 Å². The molecule has 2 heterocycles. The summed E-state index contributed by atoms with van der Waals surface area (Å²) in [5.41, 5.74) is 2.45. The molecule has 180 valence electrons. The Morgan fingerprint density at radius 2 is 1.97 bits per heavy atom. The highest BCUT2D eigenvalue weighted by atomic mass is 16.5. The van der Waals surface area contributed by atoms with E-state index in [1.807, 2.05) is 24.1 Å². The van der Waals surface area contributed by atoms with E-state index in [-0.39, 0.29) is 30.1 Å². The van der Waals surface area contributed by atoms with Gasteiger partial charge in [-0.3, -0.25) is 5.10 Å². The Morgan fingerprint density at radius 1 is 1.18 bits per heavy atom. The Kier molecular flexibility index (Phi) is 8.40. The van der Waals surface area contributed by atoms with E-state index in [1.165, 1.54) is 5.56 Å². The first-order valence-electron chi connectivity index (χ1n) is 12.4. The third-order valence-electron chi connectivity index (χ3n) is 7.18. The van der Waals surface area contributed by atoms with Crippen LogP contribution >= 0.6 is 0 Å². The minimum absolute atomic E-state index is 0.0244. The molecular formula is C26H38N4O3. The topological polar surface area (TPSA) is 79.5 Å². The Hall–Kier alpha value is -2.38. The van der Waals surface area contributed by atoms with Crippen molar-refractivity contribution in [2.75, 3.05) is 26.9 Å². The summed E-state index contributed by atoms with van der Waals surface area (Å²) in [6.45, 7) is 3.74. The molecule has 1 aromatic heterocycles. The van der Waals surface area contributed by atoms with Crippen molar-refractivity contribution in [2.45, 2.75) is 75.5 Å². The molecule has 0 radical (unpaired) electrons. The van der Waals surface area contributed by atoms with Gasteiger partial charge in [-0.1, -0.05) is 30.3 Å². The van der Waals surface area contributed by atoms with Gasteiger partial charge in [0, 0.05) is 25.8 Å². The first kappa shape index (κ1) is 23.8. The van der Waals surface area contributed by atoms with Crippen molar-refractivity contribution in [1.29, 1.82) is 0 Å². The zero-order chi connectivity index (χ0) is 23.0. The van der Waals surface area contributed by atoms with Gasteiger partial charge in [0.15, 0.2) is 0 Å². The lowest BCUT2D eigenvalue weighted by molar-refractivity contribution is -0.0175. The number of urea groups is 1. The second-order valence-corrected chi connectivity index (χ2v) is 9.53. The summed E-state index contributed by atoms with van der Waals surface area (Å²) >= 11 is 0. The van der Waals surface area contributed by atoms with Crippen molar-refractivity contribution >= 4 is 6.03 Å². The fraction of sp³-hybridized carbons (Fsp3) is 0.615. The molecular weight excluding hydrogens is 416 g/mol. The molecule has 1 aromatic carbocycles. The lowest BCUT2D eigenvalue weighted by atomic mass is 9.82. The van der Waals surface area contributed by atoms with Crippen LogP contribution in [-0.2, 0) is 9.47 Å². The molecule has 2 amide bonds. The minimum Gasteiger partial charge on any atom is -0.383 e. The van der Waals surface area contributed by atoms with Crippen LogP contribution in [0.1, 0.15) is 68.5 Å². The third-order valence-corrected chi connectivity index (χ3v) is 7.18. The molecule has 3 atom stereocenters. The van der Waals surface area contributed by atoms with Gasteiger partial charge in [-0.05, 0) is 63.0 Å². The zero-order valence-electron chi connectivity index (χ0n) is 19.9. The van der Waals surface area contributed by atoms with E-state index in [2.05, 4.69) is 45.8 Å². The number of amides is 2. The number of nitrogens with zero attached hydrogens (tertiary/aromatic N) is 2. The second kappa shape index (κ2) is 11.7. The molecule has 2 fully saturated rings. The molecule has 33 heavy (non-hydrogen) atoms. The summed E-state index contributed by atoms with van der Waals surface area (Å²) in [4.78, 5) is 15.1. The first-order valence-corrected chi connectivity index (χ1v) is 12.4. The van der Waals surface area contributed by atoms with Gasteiger partial charge in [-0.2, -0.15) is 5.10 Å². The number of hydrogen-bond donors (Lipinski definition) is 2. The van der Waals surface area contributed by atoms with Crippen molar-refractivity contribution in [2.24, 2.45) is 0 Å². The average molecular weight is 455 g/mol. The Labute approximate surface area is 197 Å². The molecule has 1 unspecified atom stereocenters. The number of ether oxygens (including phenoxy) is 2. The number of rotatable bonds is 8. The first-order chi connectivity index (χ1) is 16.2. The quantitative estimate of drug-likeness (QED) is 0.618. The van der Waals surface area contributed by atoms with Crippen LogP contribution in [0.4, 0.5) is 4.79 Å². The Bertz CT molecular complexity index is 836. The van der Waals surface area contributed by atoms with Gasteiger partial charge in [0.1, 0.15) is 0 Å². The van der Waals surface area contributed by atoms with Gasteiger partial charge < -0.3 is 19.7 Å². The van der Waals surface area contributed by atoms with Gasteiger partial charge in [0.25, 0.3) is 0 Å². The second-order valence-electron chi connectivity index (χ2n) is 9.53. The van der Waals surface area contributed by atoms with Crippen molar-refractivity contribution in [3.05, 3.63) is 53.9 Å². The SMILES string of the molecule is COCC(C)NC(=O)N1CCC[C@H](c2cc[nH]n2)[C@@H]1CO[C@H]1CC[C@@H](c2ccccc2)CC1. The number of H-pyrrole nitrogens is 1. The molecule has 2 aromatic rings. The maximum Gasteiger partial charge on any atom is 0.318 e. The summed E-state index contributed by atoms with van der Waals surface area (Å²) in [6, 6.07) is 12.7. The van der Waals surface area contributed by atoms with Crippen molar-refractivity contribution in [3.63, 3.8) is 0 Å². The van der Waals surface area contributed by atoms with Gasteiger partial charge in [-0.25, -0.2) is 4.79 Å². The molecule has 1 aliphatic heterocycles. The smallest absolute Gasteiger partial charge is 0.318 e. The number of methoxy groups -OCH3 is 1. The number of aromatic amines is 1.